The van der Waals surface area contributed by atoms with Crippen LogP contribution in [0.4, 0.5) is 4.39 Å². The monoisotopic (exact) mass is 290 g/mol. The second-order valence-electron chi connectivity index (χ2n) is 6.58. The molecule has 2 nitrogen and oxygen atoms in total. The van der Waals surface area contributed by atoms with Gasteiger partial charge in [-0.2, -0.15) is 0 Å². The van der Waals surface area contributed by atoms with Crippen LogP contribution in [0.1, 0.15) is 49.3 Å². The number of hydrogen-bond acceptors (Lipinski definition) is 2. The predicted molar refractivity (Wildman–Crippen MR) is 84.9 cm³/mol. The van der Waals surface area contributed by atoms with Crippen LogP contribution >= 0.6 is 0 Å². The average Bonchev–Trinajstić information content (AvgIpc) is 2.54. The van der Waals surface area contributed by atoms with Gasteiger partial charge in [0.15, 0.2) is 0 Å². The van der Waals surface area contributed by atoms with Gasteiger partial charge in [0.05, 0.1) is 0 Å². The van der Waals surface area contributed by atoms with Gasteiger partial charge in [-0.3, -0.25) is 4.90 Å². The van der Waals surface area contributed by atoms with Crippen molar-refractivity contribution in [3.63, 3.8) is 0 Å². The van der Waals surface area contributed by atoms with E-state index in [0.29, 0.717) is 12.0 Å². The lowest BCUT2D eigenvalue weighted by Crippen LogP contribution is -2.47. The van der Waals surface area contributed by atoms with Gasteiger partial charge in [-0.15, -0.1) is 0 Å². The molecule has 0 bridgehead atoms. The summed E-state index contributed by atoms with van der Waals surface area (Å²) in [6.45, 7) is 6.21. The van der Waals surface area contributed by atoms with Crippen molar-refractivity contribution < 1.29 is 4.39 Å². The lowest BCUT2D eigenvalue weighted by Gasteiger charge is -2.41. The fraction of sp³-hybridized carbons (Fsp3) is 0.667. The number of benzene rings is 1. The van der Waals surface area contributed by atoms with Crippen LogP contribution in [0, 0.1) is 18.7 Å². The molecule has 0 amide bonds. The highest BCUT2D eigenvalue weighted by atomic mass is 19.1. The molecule has 1 atom stereocenters. The van der Waals surface area contributed by atoms with Crippen LogP contribution in [0.3, 0.4) is 0 Å². The molecule has 3 rings (SSSR count). The maximum atomic E-state index is 14.0. The quantitative estimate of drug-likeness (QED) is 0.914. The normalized spacial score (nSPS) is 23.1. The van der Waals surface area contributed by atoms with Crippen LogP contribution < -0.4 is 5.32 Å². The van der Waals surface area contributed by atoms with E-state index in [1.807, 2.05) is 13.0 Å². The molecule has 0 radical (unpaired) electrons. The number of piperazine rings is 1. The molecule has 21 heavy (non-hydrogen) atoms. The summed E-state index contributed by atoms with van der Waals surface area (Å²) in [5.41, 5.74) is 2.08. The third-order valence-electron chi connectivity index (χ3n) is 5.27. The Kier molecular flexibility index (Phi) is 4.91. The van der Waals surface area contributed by atoms with E-state index in [9.17, 15) is 4.39 Å². The van der Waals surface area contributed by atoms with Crippen molar-refractivity contribution in [2.45, 2.75) is 45.1 Å². The number of nitrogens with one attached hydrogen (secondary N) is 1. The lowest BCUT2D eigenvalue weighted by molar-refractivity contribution is 0.103. The molecule has 0 unspecified atom stereocenters. The van der Waals surface area contributed by atoms with Crippen LogP contribution in [0.5, 0.6) is 0 Å². The van der Waals surface area contributed by atoms with Crippen molar-refractivity contribution in [2.75, 3.05) is 26.2 Å². The molecule has 1 heterocycles. The predicted octanol–water partition coefficient (Wildman–Crippen LogP) is 3.66. The molecular formula is C18H27FN2. The molecule has 1 aromatic carbocycles. The standard InChI is InChI=1S/C18H27FN2/c1-14-16(8-5-9-17(14)19)18(15-6-3-2-4-7-15)21-12-10-20-11-13-21/h5,8-9,15,18,20H,2-4,6-7,10-13H2,1H3/t18-/m1/s1. The van der Waals surface area contributed by atoms with Gasteiger partial charge in [-0.1, -0.05) is 31.4 Å². The van der Waals surface area contributed by atoms with Crippen molar-refractivity contribution in [3.05, 3.63) is 35.1 Å². The Morgan fingerprint density at radius 3 is 2.57 bits per heavy atom. The molecule has 1 saturated carbocycles. The second kappa shape index (κ2) is 6.89. The molecule has 1 aromatic rings. The molecule has 2 aliphatic rings. The van der Waals surface area contributed by atoms with E-state index in [1.165, 1.54) is 37.7 Å². The molecule has 3 heteroatoms. The molecule has 2 fully saturated rings. The topological polar surface area (TPSA) is 15.3 Å². The highest BCUT2D eigenvalue weighted by Crippen LogP contribution is 2.39. The van der Waals surface area contributed by atoms with E-state index in [0.717, 1.165) is 31.7 Å². The van der Waals surface area contributed by atoms with Crippen LogP contribution in [-0.4, -0.2) is 31.1 Å². The lowest BCUT2D eigenvalue weighted by atomic mass is 9.79. The average molecular weight is 290 g/mol. The van der Waals surface area contributed by atoms with Gasteiger partial charge in [-0.25, -0.2) is 4.39 Å². The highest BCUT2D eigenvalue weighted by molar-refractivity contribution is 5.31. The fourth-order valence-corrected chi connectivity index (χ4v) is 4.10. The Balaban J connectivity index is 1.91. The van der Waals surface area contributed by atoms with Crippen molar-refractivity contribution in [3.8, 4) is 0 Å². The first-order chi connectivity index (χ1) is 10.3. The fourth-order valence-electron chi connectivity index (χ4n) is 4.10. The van der Waals surface area contributed by atoms with Crippen LogP contribution in [0.25, 0.3) is 0 Å². The van der Waals surface area contributed by atoms with Gasteiger partial charge in [0.25, 0.3) is 0 Å². The van der Waals surface area contributed by atoms with Crippen LogP contribution in [0.15, 0.2) is 18.2 Å². The van der Waals surface area contributed by atoms with Gasteiger partial charge in [0.2, 0.25) is 0 Å². The first kappa shape index (κ1) is 15.0. The summed E-state index contributed by atoms with van der Waals surface area (Å²) in [7, 11) is 0. The number of nitrogens with zero attached hydrogens (tertiary/aromatic N) is 1. The summed E-state index contributed by atoms with van der Waals surface area (Å²) in [5.74, 6) is 0.640. The first-order valence-electron chi connectivity index (χ1n) is 8.47. The Morgan fingerprint density at radius 2 is 1.86 bits per heavy atom. The van der Waals surface area contributed by atoms with E-state index in [1.54, 1.807) is 6.07 Å². The molecule has 0 spiro atoms. The SMILES string of the molecule is Cc1c(F)cccc1[C@@H](C1CCCCC1)N1CCNCC1. The molecule has 1 aliphatic heterocycles. The summed E-state index contributed by atoms with van der Waals surface area (Å²) in [4.78, 5) is 2.59. The summed E-state index contributed by atoms with van der Waals surface area (Å²) >= 11 is 0. The number of hydrogen-bond donors (Lipinski definition) is 1. The highest BCUT2D eigenvalue weighted by Gasteiger charge is 2.32. The van der Waals surface area contributed by atoms with E-state index >= 15 is 0 Å². The van der Waals surface area contributed by atoms with Crippen molar-refractivity contribution >= 4 is 0 Å². The summed E-state index contributed by atoms with van der Waals surface area (Å²) in [6.07, 6.45) is 6.63. The Bertz CT molecular complexity index is 444. The van der Waals surface area contributed by atoms with E-state index in [-0.39, 0.29) is 5.82 Å². The smallest absolute Gasteiger partial charge is 0.126 e. The number of halogens is 1. The van der Waals surface area contributed by atoms with E-state index in [4.69, 9.17) is 0 Å². The Morgan fingerprint density at radius 1 is 1.14 bits per heavy atom. The van der Waals surface area contributed by atoms with Gasteiger partial charge in [-0.05, 0) is 42.9 Å². The van der Waals surface area contributed by atoms with Crippen molar-refractivity contribution in [1.82, 2.24) is 10.2 Å². The zero-order valence-corrected chi connectivity index (χ0v) is 13.1. The summed E-state index contributed by atoms with van der Waals surface area (Å²) < 4.78 is 14.0. The summed E-state index contributed by atoms with van der Waals surface area (Å²) in [6, 6.07) is 6.03. The van der Waals surface area contributed by atoms with Crippen molar-refractivity contribution in [2.24, 2.45) is 5.92 Å². The molecule has 1 N–H and O–H groups in total. The molecular weight excluding hydrogens is 263 g/mol. The number of rotatable bonds is 3. The van der Waals surface area contributed by atoms with E-state index < -0.39 is 0 Å². The van der Waals surface area contributed by atoms with Crippen molar-refractivity contribution in [1.29, 1.82) is 0 Å². The third kappa shape index (κ3) is 3.29. The van der Waals surface area contributed by atoms with E-state index in [2.05, 4.69) is 16.3 Å². The molecule has 116 valence electrons. The minimum Gasteiger partial charge on any atom is -0.314 e. The van der Waals surface area contributed by atoms with Gasteiger partial charge < -0.3 is 5.32 Å². The van der Waals surface area contributed by atoms with Gasteiger partial charge in [0.1, 0.15) is 5.82 Å². The zero-order valence-electron chi connectivity index (χ0n) is 13.1. The maximum Gasteiger partial charge on any atom is 0.126 e. The molecule has 0 aromatic heterocycles. The van der Waals surface area contributed by atoms with Crippen LogP contribution in [-0.2, 0) is 0 Å². The second-order valence-corrected chi connectivity index (χ2v) is 6.58. The Labute approximate surface area is 127 Å². The first-order valence-corrected chi connectivity index (χ1v) is 8.47. The third-order valence-corrected chi connectivity index (χ3v) is 5.27. The molecule has 1 aliphatic carbocycles. The zero-order chi connectivity index (χ0) is 14.7. The Hall–Kier alpha value is -0.930. The molecule has 1 saturated heterocycles. The minimum atomic E-state index is -0.0524. The van der Waals surface area contributed by atoms with Gasteiger partial charge in [0, 0.05) is 32.2 Å². The summed E-state index contributed by atoms with van der Waals surface area (Å²) in [5, 5.41) is 3.43. The largest absolute Gasteiger partial charge is 0.314 e. The maximum absolute atomic E-state index is 14.0. The van der Waals surface area contributed by atoms with Gasteiger partial charge >= 0.3 is 0 Å². The van der Waals surface area contributed by atoms with Crippen LogP contribution in [0.2, 0.25) is 0 Å². The minimum absolute atomic E-state index is 0.0524.